The van der Waals surface area contributed by atoms with Crippen LogP contribution in [-0.4, -0.2) is 15.5 Å². The number of alkyl halides is 3. The molecular formula is C15H10F3N3O. The quantitative estimate of drug-likeness (QED) is 0.786. The Morgan fingerprint density at radius 1 is 1.14 bits per heavy atom. The molecule has 0 unspecified atom stereocenters. The Morgan fingerprint density at radius 3 is 2.68 bits per heavy atom. The molecule has 0 aliphatic rings. The van der Waals surface area contributed by atoms with E-state index in [2.05, 4.69) is 10.4 Å². The van der Waals surface area contributed by atoms with Gasteiger partial charge in [0.1, 0.15) is 0 Å². The molecule has 0 atom stereocenters. The standard InChI is InChI=1S/C15H10F3N3O/c16-15(17,18)13-4-2-1-3-12(13)14(22)20-10-6-8-21-11(9-10)5-7-19-21/h1-9H,(H,20,22). The number of halogens is 3. The third-order valence-corrected chi connectivity index (χ3v) is 3.13. The number of pyridine rings is 1. The van der Waals surface area contributed by atoms with Crippen LogP contribution in [0.2, 0.25) is 0 Å². The molecule has 0 saturated heterocycles. The molecule has 112 valence electrons. The molecule has 2 heterocycles. The number of hydrogen-bond donors (Lipinski definition) is 1. The van der Waals surface area contributed by atoms with Crippen LogP contribution in [0.3, 0.4) is 0 Å². The summed E-state index contributed by atoms with van der Waals surface area (Å²) in [4.78, 5) is 12.1. The first-order valence-electron chi connectivity index (χ1n) is 6.36. The molecule has 0 bridgehead atoms. The van der Waals surface area contributed by atoms with Crippen LogP contribution in [0, 0.1) is 0 Å². The Morgan fingerprint density at radius 2 is 1.91 bits per heavy atom. The molecule has 0 spiro atoms. The summed E-state index contributed by atoms with van der Waals surface area (Å²) in [5.41, 5.74) is -0.252. The zero-order valence-electron chi connectivity index (χ0n) is 11.1. The van der Waals surface area contributed by atoms with Gasteiger partial charge in [-0.2, -0.15) is 18.3 Å². The minimum absolute atomic E-state index is 0.398. The lowest BCUT2D eigenvalue weighted by Gasteiger charge is -2.12. The number of anilines is 1. The van der Waals surface area contributed by atoms with Crippen LogP contribution in [0.5, 0.6) is 0 Å². The second kappa shape index (κ2) is 5.18. The molecule has 0 aliphatic carbocycles. The first-order chi connectivity index (χ1) is 10.4. The van der Waals surface area contributed by atoms with Gasteiger partial charge in [-0.05, 0) is 30.3 Å². The van der Waals surface area contributed by atoms with Crippen molar-refractivity contribution in [2.45, 2.75) is 6.18 Å². The van der Waals surface area contributed by atoms with Crippen LogP contribution in [-0.2, 0) is 6.18 Å². The molecule has 1 aromatic carbocycles. The van der Waals surface area contributed by atoms with Crippen LogP contribution < -0.4 is 5.32 Å². The lowest BCUT2D eigenvalue weighted by atomic mass is 10.1. The summed E-state index contributed by atoms with van der Waals surface area (Å²) < 4.78 is 40.4. The topological polar surface area (TPSA) is 46.4 Å². The van der Waals surface area contributed by atoms with E-state index in [1.807, 2.05) is 0 Å². The van der Waals surface area contributed by atoms with Gasteiger partial charge in [0, 0.05) is 18.1 Å². The number of fused-ring (bicyclic) bond motifs is 1. The average molecular weight is 305 g/mol. The highest BCUT2D eigenvalue weighted by Crippen LogP contribution is 2.32. The first kappa shape index (κ1) is 14.1. The summed E-state index contributed by atoms with van der Waals surface area (Å²) >= 11 is 0. The number of rotatable bonds is 2. The molecule has 1 N–H and O–H groups in total. The van der Waals surface area contributed by atoms with Crippen LogP contribution in [0.25, 0.3) is 5.52 Å². The van der Waals surface area contributed by atoms with Gasteiger partial charge in [0.05, 0.1) is 16.6 Å². The van der Waals surface area contributed by atoms with E-state index in [1.165, 1.54) is 12.1 Å². The van der Waals surface area contributed by atoms with Crippen LogP contribution in [0.4, 0.5) is 18.9 Å². The lowest BCUT2D eigenvalue weighted by Crippen LogP contribution is -2.18. The van der Waals surface area contributed by atoms with Gasteiger partial charge in [0.25, 0.3) is 5.91 Å². The summed E-state index contributed by atoms with van der Waals surface area (Å²) in [5, 5.41) is 6.47. The van der Waals surface area contributed by atoms with Crippen molar-refractivity contribution < 1.29 is 18.0 Å². The van der Waals surface area contributed by atoms with Crippen molar-refractivity contribution >= 4 is 17.1 Å². The zero-order valence-corrected chi connectivity index (χ0v) is 11.1. The normalized spacial score (nSPS) is 11.6. The van der Waals surface area contributed by atoms with Gasteiger partial charge in [-0.3, -0.25) is 4.79 Å². The summed E-state index contributed by atoms with van der Waals surface area (Å²) in [6.45, 7) is 0. The molecule has 7 heteroatoms. The molecular weight excluding hydrogens is 295 g/mol. The second-order valence-electron chi connectivity index (χ2n) is 4.61. The molecule has 0 aliphatic heterocycles. The highest BCUT2D eigenvalue weighted by molar-refractivity contribution is 6.05. The number of nitrogens with one attached hydrogen (secondary N) is 1. The third-order valence-electron chi connectivity index (χ3n) is 3.13. The van der Waals surface area contributed by atoms with Gasteiger partial charge in [-0.15, -0.1) is 0 Å². The number of carbonyl (C=O) groups is 1. The Bertz CT molecular complexity index is 839. The zero-order chi connectivity index (χ0) is 15.7. The molecule has 0 saturated carbocycles. The average Bonchev–Trinajstić information content (AvgIpc) is 2.94. The van der Waals surface area contributed by atoms with Crippen molar-refractivity contribution in [3.05, 3.63) is 66.0 Å². The molecule has 3 aromatic rings. The van der Waals surface area contributed by atoms with Crippen LogP contribution in [0.1, 0.15) is 15.9 Å². The molecule has 4 nitrogen and oxygen atoms in total. The van der Waals surface area contributed by atoms with E-state index in [9.17, 15) is 18.0 Å². The van der Waals surface area contributed by atoms with Crippen LogP contribution >= 0.6 is 0 Å². The predicted octanol–water partition coefficient (Wildman–Crippen LogP) is 3.61. The van der Waals surface area contributed by atoms with Gasteiger partial charge >= 0.3 is 6.18 Å². The molecule has 2 aromatic heterocycles. The number of nitrogens with zero attached hydrogens (tertiary/aromatic N) is 2. The SMILES string of the molecule is O=C(Nc1ccn2nccc2c1)c1ccccc1C(F)(F)F. The van der Waals surface area contributed by atoms with E-state index < -0.39 is 23.2 Å². The van der Waals surface area contributed by atoms with Crippen molar-refractivity contribution in [1.29, 1.82) is 0 Å². The van der Waals surface area contributed by atoms with Crippen LogP contribution in [0.15, 0.2) is 54.9 Å². The largest absolute Gasteiger partial charge is 0.417 e. The van der Waals surface area contributed by atoms with E-state index in [1.54, 1.807) is 35.1 Å². The highest BCUT2D eigenvalue weighted by Gasteiger charge is 2.34. The Kier molecular flexibility index (Phi) is 3.32. The third kappa shape index (κ3) is 2.65. The predicted molar refractivity (Wildman–Crippen MR) is 74.6 cm³/mol. The molecule has 3 rings (SSSR count). The van der Waals surface area contributed by atoms with Crippen molar-refractivity contribution in [2.75, 3.05) is 5.32 Å². The summed E-state index contributed by atoms with van der Waals surface area (Å²) in [6.07, 6.45) is -1.39. The summed E-state index contributed by atoms with van der Waals surface area (Å²) in [5.74, 6) is -0.809. The lowest BCUT2D eigenvalue weighted by molar-refractivity contribution is -0.137. The van der Waals surface area contributed by atoms with Gasteiger partial charge < -0.3 is 5.32 Å². The number of hydrogen-bond acceptors (Lipinski definition) is 2. The minimum Gasteiger partial charge on any atom is -0.322 e. The maximum absolute atomic E-state index is 12.9. The van der Waals surface area contributed by atoms with Gasteiger partial charge in [0.15, 0.2) is 0 Å². The number of aromatic nitrogens is 2. The van der Waals surface area contributed by atoms with Crippen molar-refractivity contribution in [3.63, 3.8) is 0 Å². The van der Waals surface area contributed by atoms with E-state index in [0.717, 1.165) is 17.6 Å². The summed E-state index contributed by atoms with van der Waals surface area (Å²) in [7, 11) is 0. The molecule has 22 heavy (non-hydrogen) atoms. The van der Waals surface area contributed by atoms with E-state index >= 15 is 0 Å². The van der Waals surface area contributed by atoms with E-state index in [0.29, 0.717) is 5.69 Å². The Labute approximate surface area is 123 Å². The fraction of sp³-hybridized carbons (Fsp3) is 0.0667. The van der Waals surface area contributed by atoms with Gasteiger partial charge in [-0.1, -0.05) is 12.1 Å². The minimum atomic E-state index is -4.58. The maximum atomic E-state index is 12.9. The van der Waals surface area contributed by atoms with Crippen molar-refractivity contribution in [3.8, 4) is 0 Å². The van der Waals surface area contributed by atoms with Gasteiger partial charge in [0.2, 0.25) is 0 Å². The second-order valence-corrected chi connectivity index (χ2v) is 4.61. The van der Waals surface area contributed by atoms with E-state index in [4.69, 9.17) is 0 Å². The smallest absolute Gasteiger partial charge is 0.322 e. The fourth-order valence-corrected chi connectivity index (χ4v) is 2.13. The monoisotopic (exact) mass is 305 g/mol. The number of carbonyl (C=O) groups excluding carboxylic acids is 1. The van der Waals surface area contributed by atoms with Gasteiger partial charge in [-0.25, -0.2) is 4.52 Å². The summed E-state index contributed by atoms with van der Waals surface area (Å²) in [6, 6.07) is 9.58. The Balaban J connectivity index is 1.91. The fourth-order valence-electron chi connectivity index (χ4n) is 2.13. The van der Waals surface area contributed by atoms with E-state index in [-0.39, 0.29) is 0 Å². The molecule has 0 fully saturated rings. The van der Waals surface area contributed by atoms with Crippen molar-refractivity contribution in [2.24, 2.45) is 0 Å². The first-order valence-corrected chi connectivity index (χ1v) is 6.36. The number of benzene rings is 1. The highest BCUT2D eigenvalue weighted by atomic mass is 19.4. The Hall–Kier alpha value is -2.83. The van der Waals surface area contributed by atoms with Crippen molar-refractivity contribution in [1.82, 2.24) is 9.61 Å². The number of amides is 1. The maximum Gasteiger partial charge on any atom is 0.417 e. The molecule has 0 radical (unpaired) electrons. The molecule has 1 amide bonds.